The van der Waals surface area contributed by atoms with Gasteiger partial charge in [0.2, 0.25) is 5.88 Å². The first kappa shape index (κ1) is 13.8. The second kappa shape index (κ2) is 6.02. The van der Waals surface area contributed by atoms with Crippen LogP contribution >= 0.6 is 15.9 Å². The van der Waals surface area contributed by atoms with Crippen molar-refractivity contribution in [2.75, 3.05) is 12.4 Å². The molecule has 5 heteroatoms. The smallest absolute Gasteiger partial charge is 0.238 e. The summed E-state index contributed by atoms with van der Waals surface area (Å²) in [5.41, 5.74) is 1.23. The molecule has 2 rings (SSSR count). The SMILES string of the molecule is CNc1ncnc(Oc2cccc(C(C)C)c2)c1Br. The highest BCUT2D eigenvalue weighted by Gasteiger charge is 2.10. The lowest BCUT2D eigenvalue weighted by Crippen LogP contribution is -1.98. The Labute approximate surface area is 121 Å². The van der Waals surface area contributed by atoms with Gasteiger partial charge in [-0.1, -0.05) is 26.0 Å². The first-order valence-corrected chi connectivity index (χ1v) is 6.87. The van der Waals surface area contributed by atoms with Crippen molar-refractivity contribution in [3.05, 3.63) is 40.6 Å². The van der Waals surface area contributed by atoms with Gasteiger partial charge in [-0.05, 0) is 39.5 Å². The number of ether oxygens (including phenoxy) is 1. The maximum atomic E-state index is 5.80. The Morgan fingerprint density at radius 1 is 1.26 bits per heavy atom. The van der Waals surface area contributed by atoms with Gasteiger partial charge >= 0.3 is 0 Å². The average Bonchev–Trinajstić information content (AvgIpc) is 2.41. The molecule has 1 heterocycles. The quantitative estimate of drug-likeness (QED) is 0.916. The number of hydrogen-bond donors (Lipinski definition) is 1. The van der Waals surface area contributed by atoms with Gasteiger partial charge in [0.05, 0.1) is 0 Å². The molecule has 0 fully saturated rings. The average molecular weight is 322 g/mol. The zero-order chi connectivity index (χ0) is 13.8. The molecule has 0 saturated carbocycles. The number of nitrogens with zero attached hydrogens (tertiary/aromatic N) is 2. The molecule has 0 bridgehead atoms. The Morgan fingerprint density at radius 3 is 2.74 bits per heavy atom. The van der Waals surface area contributed by atoms with Crippen LogP contribution in [-0.2, 0) is 0 Å². The van der Waals surface area contributed by atoms with Crippen molar-refractivity contribution < 1.29 is 4.74 Å². The van der Waals surface area contributed by atoms with Crippen molar-refractivity contribution in [1.82, 2.24) is 9.97 Å². The summed E-state index contributed by atoms with van der Waals surface area (Å²) in [6.07, 6.45) is 1.47. The van der Waals surface area contributed by atoms with E-state index in [4.69, 9.17) is 4.74 Å². The summed E-state index contributed by atoms with van der Waals surface area (Å²) >= 11 is 3.43. The van der Waals surface area contributed by atoms with Crippen LogP contribution in [0, 0.1) is 0 Å². The number of rotatable bonds is 4. The lowest BCUT2D eigenvalue weighted by molar-refractivity contribution is 0.457. The fraction of sp³-hybridized carbons (Fsp3) is 0.286. The van der Waals surface area contributed by atoms with E-state index >= 15 is 0 Å². The maximum absolute atomic E-state index is 5.80. The molecular weight excluding hydrogens is 306 g/mol. The van der Waals surface area contributed by atoms with Gasteiger partial charge in [0, 0.05) is 7.05 Å². The van der Waals surface area contributed by atoms with Gasteiger partial charge in [-0.25, -0.2) is 9.97 Å². The molecule has 0 aliphatic rings. The summed E-state index contributed by atoms with van der Waals surface area (Å²) in [6, 6.07) is 8.02. The van der Waals surface area contributed by atoms with Crippen molar-refractivity contribution in [3.8, 4) is 11.6 Å². The van der Waals surface area contributed by atoms with Gasteiger partial charge in [-0.15, -0.1) is 0 Å². The molecule has 0 spiro atoms. The minimum absolute atomic E-state index is 0.463. The highest BCUT2D eigenvalue weighted by molar-refractivity contribution is 9.10. The van der Waals surface area contributed by atoms with Crippen LogP contribution < -0.4 is 10.1 Å². The number of anilines is 1. The van der Waals surface area contributed by atoms with E-state index in [1.54, 1.807) is 7.05 Å². The van der Waals surface area contributed by atoms with Crippen LogP contribution in [0.2, 0.25) is 0 Å². The van der Waals surface area contributed by atoms with Gasteiger partial charge in [0.1, 0.15) is 22.4 Å². The first-order valence-electron chi connectivity index (χ1n) is 6.08. The van der Waals surface area contributed by atoms with Gasteiger partial charge < -0.3 is 10.1 Å². The second-order valence-corrected chi connectivity index (χ2v) is 5.21. The molecule has 4 nitrogen and oxygen atoms in total. The number of hydrogen-bond acceptors (Lipinski definition) is 4. The van der Waals surface area contributed by atoms with Gasteiger partial charge in [0.25, 0.3) is 0 Å². The fourth-order valence-electron chi connectivity index (χ4n) is 1.65. The molecule has 0 radical (unpaired) electrons. The highest BCUT2D eigenvalue weighted by Crippen LogP contribution is 2.32. The molecule has 0 atom stereocenters. The van der Waals surface area contributed by atoms with E-state index in [1.165, 1.54) is 11.9 Å². The molecule has 2 aromatic rings. The number of benzene rings is 1. The zero-order valence-electron chi connectivity index (χ0n) is 11.1. The first-order chi connectivity index (χ1) is 9.11. The Hall–Kier alpha value is -1.62. The molecule has 19 heavy (non-hydrogen) atoms. The summed E-state index contributed by atoms with van der Waals surface area (Å²) in [5, 5.41) is 2.97. The van der Waals surface area contributed by atoms with E-state index in [0.717, 1.165) is 5.75 Å². The monoisotopic (exact) mass is 321 g/mol. The second-order valence-electron chi connectivity index (χ2n) is 4.42. The van der Waals surface area contributed by atoms with E-state index in [-0.39, 0.29) is 0 Å². The molecule has 0 aliphatic carbocycles. The Kier molecular flexibility index (Phi) is 4.37. The van der Waals surface area contributed by atoms with Gasteiger partial charge in [-0.2, -0.15) is 0 Å². The van der Waals surface area contributed by atoms with Crippen molar-refractivity contribution in [2.45, 2.75) is 19.8 Å². The Morgan fingerprint density at radius 2 is 2.05 bits per heavy atom. The van der Waals surface area contributed by atoms with E-state index in [0.29, 0.717) is 22.1 Å². The normalized spacial score (nSPS) is 10.6. The van der Waals surface area contributed by atoms with Crippen molar-refractivity contribution in [2.24, 2.45) is 0 Å². The third-order valence-electron chi connectivity index (χ3n) is 2.73. The van der Waals surface area contributed by atoms with E-state index < -0.39 is 0 Å². The highest BCUT2D eigenvalue weighted by atomic mass is 79.9. The molecule has 0 unspecified atom stereocenters. The zero-order valence-corrected chi connectivity index (χ0v) is 12.7. The van der Waals surface area contributed by atoms with Crippen molar-refractivity contribution in [3.63, 3.8) is 0 Å². The molecule has 0 aliphatic heterocycles. The molecule has 0 amide bonds. The van der Waals surface area contributed by atoms with Crippen LogP contribution in [0.15, 0.2) is 35.1 Å². The standard InChI is InChI=1S/C14H16BrN3O/c1-9(2)10-5-4-6-11(7-10)19-14-12(15)13(16-3)17-8-18-14/h4-9H,1-3H3,(H,16,17,18). The Bertz CT molecular complexity index is 572. The van der Waals surface area contributed by atoms with E-state index in [1.807, 2.05) is 18.2 Å². The third-order valence-corrected chi connectivity index (χ3v) is 3.45. The molecule has 1 N–H and O–H groups in total. The molecular formula is C14H16BrN3O. The van der Waals surface area contributed by atoms with Crippen molar-refractivity contribution in [1.29, 1.82) is 0 Å². The summed E-state index contributed by atoms with van der Waals surface area (Å²) in [4.78, 5) is 8.23. The van der Waals surface area contributed by atoms with Crippen LogP contribution in [0.5, 0.6) is 11.6 Å². The molecule has 1 aromatic carbocycles. The van der Waals surface area contributed by atoms with Crippen LogP contribution in [0.1, 0.15) is 25.3 Å². The number of halogens is 1. The summed E-state index contributed by atoms with van der Waals surface area (Å²) in [6.45, 7) is 4.30. The fourth-order valence-corrected chi connectivity index (χ4v) is 2.13. The number of nitrogens with one attached hydrogen (secondary N) is 1. The Balaban J connectivity index is 2.28. The van der Waals surface area contributed by atoms with Crippen LogP contribution in [0.3, 0.4) is 0 Å². The van der Waals surface area contributed by atoms with Crippen molar-refractivity contribution >= 4 is 21.7 Å². The molecule has 0 saturated heterocycles. The third kappa shape index (κ3) is 3.23. The van der Waals surface area contributed by atoms with Crippen LogP contribution in [0.25, 0.3) is 0 Å². The lowest BCUT2D eigenvalue weighted by Gasteiger charge is -2.11. The molecule has 1 aromatic heterocycles. The maximum Gasteiger partial charge on any atom is 0.238 e. The predicted octanol–water partition coefficient (Wildman–Crippen LogP) is 4.20. The number of aromatic nitrogens is 2. The lowest BCUT2D eigenvalue weighted by atomic mass is 10.0. The van der Waals surface area contributed by atoms with Gasteiger partial charge in [-0.3, -0.25) is 0 Å². The van der Waals surface area contributed by atoms with Crippen LogP contribution in [-0.4, -0.2) is 17.0 Å². The summed E-state index contributed by atoms with van der Waals surface area (Å²) < 4.78 is 6.52. The van der Waals surface area contributed by atoms with Crippen LogP contribution in [0.4, 0.5) is 5.82 Å². The summed E-state index contributed by atoms with van der Waals surface area (Å²) in [7, 11) is 1.80. The predicted molar refractivity (Wildman–Crippen MR) is 79.9 cm³/mol. The van der Waals surface area contributed by atoms with E-state index in [9.17, 15) is 0 Å². The minimum Gasteiger partial charge on any atom is -0.438 e. The summed E-state index contributed by atoms with van der Waals surface area (Å²) in [5.74, 6) is 2.43. The minimum atomic E-state index is 0.463. The van der Waals surface area contributed by atoms with E-state index in [2.05, 4.69) is 51.1 Å². The topological polar surface area (TPSA) is 47.0 Å². The van der Waals surface area contributed by atoms with Gasteiger partial charge in [0.15, 0.2) is 0 Å². The largest absolute Gasteiger partial charge is 0.438 e. The molecule has 100 valence electrons.